The van der Waals surface area contributed by atoms with Gasteiger partial charge in [0.25, 0.3) is 0 Å². The van der Waals surface area contributed by atoms with Gasteiger partial charge in [0, 0.05) is 36.8 Å². The number of aliphatic carboxylic acids is 1. The van der Waals surface area contributed by atoms with E-state index in [4.69, 9.17) is 19.9 Å². The normalized spacial score (nSPS) is 11.7. The molecule has 0 saturated carbocycles. The van der Waals surface area contributed by atoms with Crippen LogP contribution >= 0.6 is 0 Å². The highest BCUT2D eigenvalue weighted by atomic mass is 19.1. The van der Waals surface area contributed by atoms with Crippen LogP contribution in [0.25, 0.3) is 0 Å². The molecule has 4 rings (SSSR count). The van der Waals surface area contributed by atoms with Crippen molar-refractivity contribution in [2.24, 2.45) is 5.73 Å². The minimum atomic E-state index is -1.04. The molecule has 7 nitrogen and oxygen atoms in total. The molecule has 40 heavy (non-hydrogen) atoms. The van der Waals surface area contributed by atoms with Gasteiger partial charge in [0.15, 0.2) is 0 Å². The zero-order chi connectivity index (χ0) is 28.3. The first-order valence-corrected chi connectivity index (χ1v) is 13.0. The Labute approximate surface area is 233 Å². The number of methoxy groups -OCH3 is 1. The van der Waals surface area contributed by atoms with Crippen molar-refractivity contribution >= 4 is 5.97 Å². The molecule has 0 heterocycles. The summed E-state index contributed by atoms with van der Waals surface area (Å²) in [5.41, 5.74) is 8.56. The Morgan fingerprint density at radius 1 is 0.875 bits per heavy atom. The number of carboxylic acid groups (broad SMARTS) is 1. The fourth-order valence-corrected chi connectivity index (χ4v) is 4.18. The van der Waals surface area contributed by atoms with Gasteiger partial charge >= 0.3 is 5.97 Å². The summed E-state index contributed by atoms with van der Waals surface area (Å²) in [7, 11) is 1.61. The molecule has 208 valence electrons. The Balaban J connectivity index is 1.54. The number of rotatable bonds is 14. The van der Waals surface area contributed by atoms with E-state index in [-0.39, 0.29) is 12.2 Å². The third-order valence-corrected chi connectivity index (χ3v) is 6.38. The second-order valence-corrected chi connectivity index (χ2v) is 9.36. The highest BCUT2D eigenvalue weighted by molar-refractivity contribution is 5.73. The van der Waals surface area contributed by atoms with Crippen LogP contribution in [0.5, 0.6) is 23.0 Å². The average Bonchev–Trinajstić information content (AvgIpc) is 2.97. The van der Waals surface area contributed by atoms with Crippen molar-refractivity contribution < 1.29 is 28.5 Å². The van der Waals surface area contributed by atoms with E-state index in [0.29, 0.717) is 49.2 Å². The number of nitrogens with zero attached hydrogens (tertiary/aromatic N) is 1. The van der Waals surface area contributed by atoms with E-state index in [1.807, 2.05) is 72.8 Å². The molecule has 0 amide bonds. The number of hydrogen-bond donors (Lipinski definition) is 2. The van der Waals surface area contributed by atoms with Crippen LogP contribution in [0.4, 0.5) is 4.39 Å². The minimum absolute atomic E-state index is 0.271. The second kappa shape index (κ2) is 14.1. The molecule has 0 aromatic heterocycles. The summed E-state index contributed by atoms with van der Waals surface area (Å²) in [6, 6.07) is 28.0. The molecular weight excluding hydrogens is 511 g/mol. The molecular formula is C32H33FN2O5. The molecule has 4 aromatic carbocycles. The van der Waals surface area contributed by atoms with E-state index in [0.717, 1.165) is 16.7 Å². The van der Waals surface area contributed by atoms with Crippen LogP contribution in [-0.2, 0) is 24.5 Å². The first kappa shape index (κ1) is 28.6. The molecule has 1 atom stereocenters. The average molecular weight is 545 g/mol. The molecule has 1 unspecified atom stereocenters. The van der Waals surface area contributed by atoms with E-state index in [1.165, 1.54) is 12.1 Å². The van der Waals surface area contributed by atoms with E-state index >= 15 is 0 Å². The zero-order valence-corrected chi connectivity index (χ0v) is 22.3. The molecule has 0 radical (unpaired) electrons. The van der Waals surface area contributed by atoms with Crippen molar-refractivity contribution in [3.05, 3.63) is 120 Å². The Morgan fingerprint density at radius 2 is 1.50 bits per heavy atom. The predicted molar refractivity (Wildman–Crippen MR) is 151 cm³/mol. The smallest absolute Gasteiger partial charge is 0.320 e. The molecule has 8 heteroatoms. The van der Waals surface area contributed by atoms with E-state index in [2.05, 4.69) is 4.90 Å². The van der Waals surface area contributed by atoms with Crippen LogP contribution in [0.1, 0.15) is 23.1 Å². The summed E-state index contributed by atoms with van der Waals surface area (Å²) in [6.45, 7) is 1.70. The van der Waals surface area contributed by atoms with Crippen LogP contribution in [0.3, 0.4) is 0 Å². The van der Waals surface area contributed by atoms with Crippen LogP contribution in [-0.4, -0.2) is 35.7 Å². The van der Waals surface area contributed by atoms with Gasteiger partial charge in [0.05, 0.1) is 7.11 Å². The lowest BCUT2D eigenvalue weighted by molar-refractivity contribution is -0.138. The largest absolute Gasteiger partial charge is 0.497 e. The van der Waals surface area contributed by atoms with Gasteiger partial charge < -0.3 is 25.1 Å². The molecule has 0 aliphatic heterocycles. The maximum atomic E-state index is 13.3. The van der Waals surface area contributed by atoms with Gasteiger partial charge in [-0.1, -0.05) is 54.6 Å². The molecule has 0 aliphatic carbocycles. The Kier molecular flexibility index (Phi) is 10.1. The van der Waals surface area contributed by atoms with Crippen molar-refractivity contribution in [2.75, 3.05) is 13.7 Å². The number of halogens is 1. The molecule has 0 aliphatic rings. The molecule has 0 bridgehead atoms. The van der Waals surface area contributed by atoms with Crippen molar-refractivity contribution in [3.8, 4) is 23.0 Å². The van der Waals surface area contributed by atoms with Crippen molar-refractivity contribution in [2.45, 2.75) is 32.2 Å². The van der Waals surface area contributed by atoms with Gasteiger partial charge in [-0.05, 0) is 48.4 Å². The summed E-state index contributed by atoms with van der Waals surface area (Å²) in [5, 5.41) is 9.35. The van der Waals surface area contributed by atoms with Gasteiger partial charge in [-0.25, -0.2) is 4.39 Å². The third-order valence-electron chi connectivity index (χ3n) is 6.38. The van der Waals surface area contributed by atoms with Crippen LogP contribution < -0.4 is 19.9 Å². The number of carbonyl (C=O) groups is 1. The Morgan fingerprint density at radius 3 is 2.17 bits per heavy atom. The lowest BCUT2D eigenvalue weighted by Gasteiger charge is -2.25. The number of benzene rings is 4. The summed E-state index contributed by atoms with van der Waals surface area (Å²) >= 11 is 0. The first-order valence-electron chi connectivity index (χ1n) is 13.0. The molecule has 4 aromatic rings. The van der Waals surface area contributed by atoms with Gasteiger partial charge in [-0.15, -0.1) is 0 Å². The topological polar surface area (TPSA) is 94.2 Å². The van der Waals surface area contributed by atoms with Crippen molar-refractivity contribution in [1.82, 2.24) is 4.90 Å². The SMILES string of the molecule is COc1cccc(Oc2ccccc2CN(CCC(N)C(=O)O)Cc2ccccc2OCc2ccc(F)cc2)c1. The summed E-state index contributed by atoms with van der Waals surface area (Å²) < 4.78 is 30.9. The third kappa shape index (κ3) is 8.30. The molecule has 0 spiro atoms. The summed E-state index contributed by atoms with van der Waals surface area (Å²) in [4.78, 5) is 13.5. The van der Waals surface area contributed by atoms with E-state index < -0.39 is 12.0 Å². The fourth-order valence-electron chi connectivity index (χ4n) is 4.18. The fraction of sp³-hybridized carbons (Fsp3) is 0.219. The van der Waals surface area contributed by atoms with Crippen LogP contribution in [0.15, 0.2) is 97.1 Å². The highest BCUT2D eigenvalue weighted by Gasteiger charge is 2.18. The monoisotopic (exact) mass is 544 g/mol. The lowest BCUT2D eigenvalue weighted by Crippen LogP contribution is -2.35. The van der Waals surface area contributed by atoms with Crippen molar-refractivity contribution in [1.29, 1.82) is 0 Å². The number of nitrogens with two attached hydrogens (primary N) is 1. The maximum Gasteiger partial charge on any atom is 0.320 e. The Hall–Kier alpha value is -4.40. The van der Waals surface area contributed by atoms with Gasteiger partial charge in [0.1, 0.15) is 41.5 Å². The number of ether oxygens (including phenoxy) is 3. The summed E-state index contributed by atoms with van der Waals surface area (Å²) in [6.07, 6.45) is 0.271. The van der Waals surface area contributed by atoms with Gasteiger partial charge in [0.2, 0.25) is 0 Å². The highest BCUT2D eigenvalue weighted by Crippen LogP contribution is 2.30. The van der Waals surface area contributed by atoms with Crippen LogP contribution in [0.2, 0.25) is 0 Å². The van der Waals surface area contributed by atoms with E-state index in [9.17, 15) is 14.3 Å². The number of carboxylic acids is 1. The van der Waals surface area contributed by atoms with Crippen LogP contribution in [0, 0.1) is 5.82 Å². The minimum Gasteiger partial charge on any atom is -0.497 e. The standard InChI is InChI=1S/C32H33FN2O5/c1-38-27-9-6-10-28(19-27)40-31-12-5-3-8-25(31)21-35(18-17-29(34)32(36)37)20-24-7-2-4-11-30(24)39-22-23-13-15-26(33)16-14-23/h2-16,19,29H,17-18,20-22,34H2,1H3,(H,36,37). The van der Waals surface area contributed by atoms with Crippen molar-refractivity contribution in [3.63, 3.8) is 0 Å². The predicted octanol–water partition coefficient (Wildman–Crippen LogP) is 6.01. The summed E-state index contributed by atoms with van der Waals surface area (Å²) in [5.74, 6) is 1.38. The maximum absolute atomic E-state index is 13.3. The van der Waals surface area contributed by atoms with Gasteiger partial charge in [-0.2, -0.15) is 0 Å². The molecule has 3 N–H and O–H groups in total. The lowest BCUT2D eigenvalue weighted by atomic mass is 10.1. The van der Waals surface area contributed by atoms with E-state index in [1.54, 1.807) is 19.2 Å². The Bertz CT molecular complexity index is 1400. The second-order valence-electron chi connectivity index (χ2n) is 9.36. The molecule has 0 fully saturated rings. The number of hydrogen-bond acceptors (Lipinski definition) is 6. The number of para-hydroxylation sites is 2. The molecule has 0 saturated heterocycles. The first-order chi connectivity index (χ1) is 19.4. The quantitative estimate of drug-likeness (QED) is 0.201. The van der Waals surface area contributed by atoms with Gasteiger partial charge in [-0.3, -0.25) is 9.69 Å². The zero-order valence-electron chi connectivity index (χ0n) is 22.3.